The van der Waals surface area contributed by atoms with Gasteiger partial charge in [0.25, 0.3) is 0 Å². The number of H-pyrrole nitrogens is 1. The summed E-state index contributed by atoms with van der Waals surface area (Å²) < 4.78 is 14.9. The summed E-state index contributed by atoms with van der Waals surface area (Å²) >= 11 is 0. The molecular weight excluding hydrogens is 369 g/mol. The van der Waals surface area contributed by atoms with Crippen LogP contribution in [-0.4, -0.2) is 22.0 Å². The normalized spacial score (nSPS) is 11.1. The van der Waals surface area contributed by atoms with Gasteiger partial charge in [-0.2, -0.15) is 0 Å². The van der Waals surface area contributed by atoms with Crippen molar-refractivity contribution in [2.45, 2.75) is 12.5 Å². The van der Waals surface area contributed by atoms with Crippen molar-refractivity contribution in [3.05, 3.63) is 106 Å². The highest BCUT2D eigenvalue weighted by molar-refractivity contribution is 5.87. The molecular formula is C23H20FN3O2. The van der Waals surface area contributed by atoms with E-state index in [1.54, 1.807) is 6.07 Å². The van der Waals surface area contributed by atoms with E-state index in [0.717, 1.165) is 11.1 Å². The molecule has 1 aromatic heterocycles. The lowest BCUT2D eigenvalue weighted by atomic mass is 9.90. The van der Waals surface area contributed by atoms with Gasteiger partial charge in [-0.1, -0.05) is 60.7 Å². The monoisotopic (exact) mass is 389 g/mol. The third kappa shape index (κ3) is 3.96. The molecule has 0 atom stereocenters. The van der Waals surface area contributed by atoms with Gasteiger partial charge < -0.3 is 10.3 Å². The van der Waals surface area contributed by atoms with Crippen LogP contribution in [0.4, 0.5) is 4.39 Å². The molecule has 0 saturated carbocycles. The van der Waals surface area contributed by atoms with E-state index >= 15 is 0 Å². The van der Waals surface area contributed by atoms with Crippen LogP contribution < -0.4 is 11.0 Å². The van der Waals surface area contributed by atoms with Crippen LogP contribution in [0.25, 0.3) is 11.0 Å². The van der Waals surface area contributed by atoms with E-state index in [1.807, 2.05) is 60.7 Å². The summed E-state index contributed by atoms with van der Waals surface area (Å²) in [5.74, 6) is -0.986. The molecule has 0 aliphatic rings. The smallest absolute Gasteiger partial charge is 0.326 e. The van der Waals surface area contributed by atoms with Crippen LogP contribution in [0.15, 0.2) is 83.7 Å². The molecule has 0 bridgehead atoms. The van der Waals surface area contributed by atoms with Gasteiger partial charge in [-0.15, -0.1) is 0 Å². The Hall–Kier alpha value is -3.67. The number of amides is 1. The van der Waals surface area contributed by atoms with Crippen molar-refractivity contribution in [3.8, 4) is 0 Å². The highest BCUT2D eigenvalue weighted by Crippen LogP contribution is 2.24. The number of aromatic nitrogens is 2. The number of carbonyl (C=O) groups is 1. The third-order valence-corrected chi connectivity index (χ3v) is 4.90. The van der Waals surface area contributed by atoms with Crippen LogP contribution in [0.5, 0.6) is 0 Å². The predicted molar refractivity (Wildman–Crippen MR) is 110 cm³/mol. The average Bonchev–Trinajstić information content (AvgIpc) is 3.04. The Bertz CT molecular complexity index is 1140. The van der Waals surface area contributed by atoms with Crippen molar-refractivity contribution in [2.75, 3.05) is 6.54 Å². The van der Waals surface area contributed by atoms with E-state index in [2.05, 4.69) is 10.3 Å². The Kier molecular flexibility index (Phi) is 5.24. The maximum Gasteiger partial charge on any atom is 0.326 e. The molecule has 29 heavy (non-hydrogen) atoms. The van der Waals surface area contributed by atoms with Crippen molar-refractivity contribution in [1.29, 1.82) is 0 Å². The van der Waals surface area contributed by atoms with E-state index in [9.17, 15) is 14.0 Å². The number of imidazole rings is 1. The summed E-state index contributed by atoms with van der Waals surface area (Å²) in [6, 6.07) is 23.3. The minimum absolute atomic E-state index is 0.138. The molecule has 3 aromatic carbocycles. The number of aromatic amines is 1. The SMILES string of the molecule is O=C(NCCn1c(=O)[nH]c2cc(F)ccc21)C(c1ccccc1)c1ccccc1. The van der Waals surface area contributed by atoms with Crippen LogP contribution in [0, 0.1) is 5.82 Å². The number of fused-ring (bicyclic) bond motifs is 1. The van der Waals surface area contributed by atoms with Crippen LogP contribution in [0.3, 0.4) is 0 Å². The van der Waals surface area contributed by atoms with Gasteiger partial charge in [-0.25, -0.2) is 9.18 Å². The second-order valence-corrected chi connectivity index (χ2v) is 6.79. The molecule has 0 radical (unpaired) electrons. The largest absolute Gasteiger partial charge is 0.353 e. The first-order valence-electron chi connectivity index (χ1n) is 9.39. The fourth-order valence-corrected chi connectivity index (χ4v) is 3.54. The molecule has 0 saturated heterocycles. The van der Waals surface area contributed by atoms with Crippen LogP contribution >= 0.6 is 0 Å². The van der Waals surface area contributed by atoms with Gasteiger partial charge in [0.15, 0.2) is 0 Å². The lowest BCUT2D eigenvalue weighted by Gasteiger charge is -2.18. The van der Waals surface area contributed by atoms with E-state index in [-0.39, 0.29) is 24.7 Å². The number of benzene rings is 3. The first-order chi connectivity index (χ1) is 14.1. The van der Waals surface area contributed by atoms with Gasteiger partial charge in [0.1, 0.15) is 5.82 Å². The zero-order valence-electron chi connectivity index (χ0n) is 15.6. The average molecular weight is 389 g/mol. The fraction of sp³-hybridized carbons (Fsp3) is 0.130. The highest BCUT2D eigenvalue weighted by Gasteiger charge is 2.22. The molecule has 0 spiro atoms. The maximum absolute atomic E-state index is 13.4. The van der Waals surface area contributed by atoms with Gasteiger partial charge in [0.05, 0.1) is 17.0 Å². The molecule has 1 amide bonds. The van der Waals surface area contributed by atoms with E-state index < -0.39 is 11.7 Å². The standard InChI is InChI=1S/C23H20FN3O2/c24-18-11-12-20-19(15-18)26-23(29)27(20)14-13-25-22(28)21(16-7-3-1-4-8-16)17-9-5-2-6-10-17/h1-12,15,21H,13-14H2,(H,25,28)(H,26,29). The number of nitrogens with zero attached hydrogens (tertiary/aromatic N) is 1. The fourth-order valence-electron chi connectivity index (χ4n) is 3.54. The maximum atomic E-state index is 13.4. The summed E-state index contributed by atoms with van der Waals surface area (Å²) in [5, 5.41) is 2.93. The minimum atomic E-state index is -0.439. The molecule has 4 rings (SSSR count). The van der Waals surface area contributed by atoms with Crippen LogP contribution in [0.2, 0.25) is 0 Å². The molecule has 0 aliphatic carbocycles. The zero-order chi connectivity index (χ0) is 20.2. The third-order valence-electron chi connectivity index (χ3n) is 4.90. The van der Waals surface area contributed by atoms with E-state index in [0.29, 0.717) is 11.0 Å². The van der Waals surface area contributed by atoms with Gasteiger partial charge >= 0.3 is 5.69 Å². The van der Waals surface area contributed by atoms with Crippen LogP contribution in [-0.2, 0) is 11.3 Å². The van der Waals surface area contributed by atoms with Gasteiger partial charge in [-0.05, 0) is 29.3 Å². The number of halogens is 1. The molecule has 2 N–H and O–H groups in total. The van der Waals surface area contributed by atoms with Crippen molar-refractivity contribution >= 4 is 16.9 Å². The van der Waals surface area contributed by atoms with Crippen molar-refractivity contribution in [1.82, 2.24) is 14.9 Å². The molecule has 0 fully saturated rings. The highest BCUT2D eigenvalue weighted by atomic mass is 19.1. The summed E-state index contributed by atoms with van der Waals surface area (Å²) in [6.07, 6.45) is 0. The van der Waals surface area contributed by atoms with Crippen molar-refractivity contribution in [2.24, 2.45) is 0 Å². The topological polar surface area (TPSA) is 66.9 Å². The summed E-state index contributed by atoms with van der Waals surface area (Å²) in [6.45, 7) is 0.561. The Morgan fingerprint density at radius 3 is 2.21 bits per heavy atom. The number of nitrogens with one attached hydrogen (secondary N) is 2. The molecule has 1 heterocycles. The number of carbonyl (C=O) groups excluding carboxylic acids is 1. The minimum Gasteiger partial charge on any atom is -0.353 e. The molecule has 0 aliphatic heterocycles. The van der Waals surface area contributed by atoms with Gasteiger partial charge in [-0.3, -0.25) is 9.36 Å². The Morgan fingerprint density at radius 2 is 1.59 bits per heavy atom. The lowest BCUT2D eigenvalue weighted by Crippen LogP contribution is -2.34. The van der Waals surface area contributed by atoms with Crippen LogP contribution in [0.1, 0.15) is 17.0 Å². The van der Waals surface area contributed by atoms with Gasteiger partial charge in [0, 0.05) is 13.1 Å². The Balaban J connectivity index is 1.52. The summed E-state index contributed by atoms with van der Waals surface area (Å²) in [5.41, 5.74) is 2.51. The van der Waals surface area contributed by atoms with Crippen molar-refractivity contribution in [3.63, 3.8) is 0 Å². The van der Waals surface area contributed by atoms with E-state index in [1.165, 1.54) is 16.7 Å². The second kappa shape index (κ2) is 8.14. The lowest BCUT2D eigenvalue weighted by molar-refractivity contribution is -0.121. The molecule has 6 heteroatoms. The quantitative estimate of drug-likeness (QED) is 0.531. The summed E-state index contributed by atoms with van der Waals surface area (Å²) in [4.78, 5) is 27.8. The van der Waals surface area contributed by atoms with Gasteiger partial charge in [0.2, 0.25) is 5.91 Å². The second-order valence-electron chi connectivity index (χ2n) is 6.79. The summed E-state index contributed by atoms with van der Waals surface area (Å²) in [7, 11) is 0. The molecule has 4 aromatic rings. The molecule has 5 nitrogen and oxygen atoms in total. The Morgan fingerprint density at radius 1 is 0.966 bits per heavy atom. The van der Waals surface area contributed by atoms with E-state index in [4.69, 9.17) is 0 Å². The number of hydrogen-bond acceptors (Lipinski definition) is 2. The molecule has 146 valence electrons. The zero-order valence-corrected chi connectivity index (χ0v) is 15.6. The molecule has 0 unspecified atom stereocenters. The number of hydrogen-bond donors (Lipinski definition) is 2. The predicted octanol–water partition coefficient (Wildman–Crippen LogP) is 3.42. The first-order valence-corrected chi connectivity index (χ1v) is 9.39. The first kappa shape index (κ1) is 18.7. The van der Waals surface area contributed by atoms with Crippen molar-refractivity contribution < 1.29 is 9.18 Å². The Labute approximate surface area is 166 Å². The number of rotatable bonds is 6.